The first-order valence-corrected chi connectivity index (χ1v) is 9.72. The molecule has 0 radical (unpaired) electrons. The predicted octanol–water partition coefficient (Wildman–Crippen LogP) is -0.919. The standard InChI is InChI=1S/C22H30N2O4.ClH/c1-6-28-22(27)20-14(2)19(16(4)24(20)5)18(25)12-13-23-15(3)21(26)17-10-8-7-9-11-17;/h7-11,15,21,23,26H,6,12-13H2,1-5H3;1H. The van der Waals surface area contributed by atoms with Crippen molar-refractivity contribution in [3.05, 3.63) is 58.4 Å². The van der Waals surface area contributed by atoms with Gasteiger partial charge < -0.3 is 32.1 Å². The number of Topliss-reactive ketones (excluding diaryl/α,β-unsaturated/α-hetero) is 1. The normalized spacial score (nSPS) is 12.8. The lowest BCUT2D eigenvalue weighted by molar-refractivity contribution is -0.693. The van der Waals surface area contributed by atoms with E-state index in [4.69, 9.17) is 4.74 Å². The SMILES string of the molecule is CCOC(=O)c1c(C)c(C(=O)CC[NH2+]C(C)C(O)c2ccccc2)c(C)n1C.[Cl-]. The van der Waals surface area contributed by atoms with Gasteiger partial charge in [0.1, 0.15) is 17.8 Å². The van der Waals surface area contributed by atoms with Crippen molar-refractivity contribution < 1.29 is 37.2 Å². The summed E-state index contributed by atoms with van der Waals surface area (Å²) in [6, 6.07) is 9.44. The molecule has 0 saturated carbocycles. The van der Waals surface area contributed by atoms with E-state index < -0.39 is 12.1 Å². The first-order chi connectivity index (χ1) is 13.3. The number of aliphatic hydroxyl groups is 1. The number of aliphatic hydroxyl groups excluding tert-OH is 1. The summed E-state index contributed by atoms with van der Waals surface area (Å²) in [6.45, 7) is 8.19. The molecule has 0 spiro atoms. The second kappa shape index (κ2) is 11.1. The van der Waals surface area contributed by atoms with E-state index in [1.807, 2.05) is 49.5 Å². The van der Waals surface area contributed by atoms with Crippen molar-refractivity contribution in [2.45, 2.75) is 46.3 Å². The number of halogens is 1. The second-order valence-electron chi connectivity index (χ2n) is 7.13. The van der Waals surface area contributed by atoms with Crippen LogP contribution in [-0.4, -0.2) is 40.6 Å². The average molecular weight is 423 g/mol. The largest absolute Gasteiger partial charge is 1.00 e. The number of carbonyl (C=O) groups excluding carboxylic acids is 2. The molecule has 1 aromatic heterocycles. The number of nitrogens with zero attached hydrogens (tertiary/aromatic N) is 1. The third kappa shape index (κ3) is 5.69. The van der Waals surface area contributed by atoms with Crippen molar-refractivity contribution in [1.29, 1.82) is 0 Å². The number of hydrogen-bond donors (Lipinski definition) is 2. The fourth-order valence-corrected chi connectivity index (χ4v) is 3.56. The van der Waals surface area contributed by atoms with Crippen molar-refractivity contribution >= 4 is 11.8 Å². The summed E-state index contributed by atoms with van der Waals surface area (Å²) >= 11 is 0. The number of aromatic nitrogens is 1. The van der Waals surface area contributed by atoms with Crippen molar-refractivity contribution in [3.8, 4) is 0 Å². The molecule has 1 heterocycles. The highest BCUT2D eigenvalue weighted by molar-refractivity contribution is 6.02. The smallest absolute Gasteiger partial charge is 0.355 e. The van der Waals surface area contributed by atoms with Crippen LogP contribution in [-0.2, 0) is 11.8 Å². The summed E-state index contributed by atoms with van der Waals surface area (Å²) in [4.78, 5) is 25.0. The molecular weight excluding hydrogens is 392 g/mol. The van der Waals surface area contributed by atoms with Crippen molar-refractivity contribution in [1.82, 2.24) is 4.57 Å². The minimum Gasteiger partial charge on any atom is -1.00 e. The van der Waals surface area contributed by atoms with Crippen LogP contribution in [0.1, 0.15) is 64.0 Å². The quantitative estimate of drug-likeness (QED) is 0.404. The van der Waals surface area contributed by atoms with Gasteiger partial charge in [-0.2, -0.15) is 0 Å². The minimum absolute atomic E-state index is 0. The highest BCUT2D eigenvalue weighted by Crippen LogP contribution is 2.23. The Balaban J connectivity index is 0.00000420. The summed E-state index contributed by atoms with van der Waals surface area (Å²) in [5, 5.41) is 12.4. The zero-order valence-corrected chi connectivity index (χ0v) is 18.5. The van der Waals surface area contributed by atoms with E-state index in [2.05, 4.69) is 0 Å². The molecule has 1 aromatic carbocycles. The Bertz CT molecular complexity index is 833. The molecule has 0 fully saturated rings. The Labute approximate surface area is 178 Å². The van der Waals surface area contributed by atoms with Gasteiger partial charge in [0.25, 0.3) is 0 Å². The van der Waals surface area contributed by atoms with Crippen LogP contribution < -0.4 is 17.7 Å². The van der Waals surface area contributed by atoms with Crippen LogP contribution in [0.3, 0.4) is 0 Å². The van der Waals surface area contributed by atoms with Crippen molar-refractivity contribution in [3.63, 3.8) is 0 Å². The lowest BCUT2D eigenvalue weighted by Crippen LogP contribution is -3.00. The van der Waals surface area contributed by atoms with Gasteiger partial charge in [0.15, 0.2) is 5.78 Å². The van der Waals surface area contributed by atoms with Crippen LogP contribution in [0.25, 0.3) is 0 Å². The molecule has 0 aliphatic carbocycles. The van der Waals surface area contributed by atoms with Gasteiger partial charge in [0, 0.05) is 18.3 Å². The molecular formula is C22H31ClN2O4. The summed E-state index contributed by atoms with van der Waals surface area (Å²) in [6.07, 6.45) is -0.258. The van der Waals surface area contributed by atoms with E-state index in [0.717, 1.165) is 11.3 Å². The number of hydrogen-bond acceptors (Lipinski definition) is 4. The topological polar surface area (TPSA) is 85.1 Å². The highest BCUT2D eigenvalue weighted by Gasteiger charge is 2.26. The van der Waals surface area contributed by atoms with Gasteiger partial charge in [-0.3, -0.25) is 4.79 Å². The molecule has 29 heavy (non-hydrogen) atoms. The Morgan fingerprint density at radius 3 is 2.41 bits per heavy atom. The van der Waals surface area contributed by atoms with Crippen molar-refractivity contribution in [2.24, 2.45) is 7.05 Å². The average Bonchev–Trinajstić information content (AvgIpc) is 2.90. The number of benzene rings is 1. The van der Waals surface area contributed by atoms with Crippen LogP contribution in [0.5, 0.6) is 0 Å². The molecule has 0 aliphatic rings. The predicted molar refractivity (Wildman–Crippen MR) is 107 cm³/mol. The molecule has 2 unspecified atom stereocenters. The van der Waals surface area contributed by atoms with Gasteiger partial charge in [-0.25, -0.2) is 4.79 Å². The van der Waals surface area contributed by atoms with Gasteiger partial charge in [-0.15, -0.1) is 0 Å². The number of nitrogens with two attached hydrogens (primary N) is 1. The number of carbonyl (C=O) groups is 2. The summed E-state index contributed by atoms with van der Waals surface area (Å²) in [5.41, 5.74) is 3.32. The molecule has 0 bridgehead atoms. The Morgan fingerprint density at radius 1 is 1.21 bits per heavy atom. The molecule has 0 amide bonds. The molecule has 3 N–H and O–H groups in total. The molecule has 160 valence electrons. The Kier molecular flexibility index (Phi) is 9.56. The molecule has 0 saturated heterocycles. The fourth-order valence-electron chi connectivity index (χ4n) is 3.56. The van der Waals surface area contributed by atoms with Gasteiger partial charge >= 0.3 is 5.97 Å². The van der Waals surface area contributed by atoms with Crippen molar-refractivity contribution in [2.75, 3.05) is 13.2 Å². The zero-order chi connectivity index (χ0) is 20.8. The number of quaternary nitrogens is 1. The Morgan fingerprint density at radius 2 is 1.83 bits per heavy atom. The lowest BCUT2D eigenvalue weighted by Gasteiger charge is -2.17. The van der Waals surface area contributed by atoms with E-state index in [1.165, 1.54) is 0 Å². The molecule has 2 rings (SSSR count). The first-order valence-electron chi connectivity index (χ1n) is 9.72. The Hall–Kier alpha value is -2.15. The lowest BCUT2D eigenvalue weighted by atomic mass is 10.0. The number of ketones is 1. The van der Waals surface area contributed by atoms with Crippen LogP contribution >= 0.6 is 0 Å². The maximum atomic E-state index is 12.8. The van der Waals surface area contributed by atoms with E-state index in [9.17, 15) is 14.7 Å². The first kappa shape index (κ1) is 24.9. The highest BCUT2D eigenvalue weighted by atomic mass is 35.5. The summed E-state index contributed by atoms with van der Waals surface area (Å²) in [7, 11) is 1.77. The van der Waals surface area contributed by atoms with Gasteiger partial charge in [-0.05, 0) is 38.8 Å². The second-order valence-corrected chi connectivity index (χ2v) is 7.13. The van der Waals surface area contributed by atoms with Crippen LogP contribution in [0.2, 0.25) is 0 Å². The maximum absolute atomic E-state index is 12.8. The summed E-state index contributed by atoms with van der Waals surface area (Å²) < 4.78 is 6.84. The van der Waals surface area contributed by atoms with E-state index in [0.29, 0.717) is 36.4 Å². The van der Waals surface area contributed by atoms with Gasteiger partial charge in [0.05, 0.1) is 19.6 Å². The molecule has 6 nitrogen and oxygen atoms in total. The molecule has 7 heteroatoms. The summed E-state index contributed by atoms with van der Waals surface area (Å²) in [5.74, 6) is -0.408. The van der Waals surface area contributed by atoms with Gasteiger partial charge in [0.2, 0.25) is 0 Å². The minimum atomic E-state index is -0.591. The number of ether oxygens (including phenoxy) is 1. The number of rotatable bonds is 9. The molecule has 2 aromatic rings. The monoisotopic (exact) mass is 422 g/mol. The van der Waals surface area contributed by atoms with Crippen LogP contribution in [0, 0.1) is 13.8 Å². The van der Waals surface area contributed by atoms with E-state index in [-0.39, 0.29) is 24.2 Å². The fraction of sp³-hybridized carbons (Fsp3) is 0.455. The third-order valence-corrected chi connectivity index (χ3v) is 5.23. The molecule has 0 aliphatic heterocycles. The van der Waals surface area contributed by atoms with E-state index in [1.54, 1.807) is 25.5 Å². The van der Waals surface area contributed by atoms with E-state index >= 15 is 0 Å². The van der Waals surface area contributed by atoms with Gasteiger partial charge in [-0.1, -0.05) is 30.3 Å². The zero-order valence-electron chi connectivity index (χ0n) is 17.7. The maximum Gasteiger partial charge on any atom is 0.355 e. The third-order valence-electron chi connectivity index (χ3n) is 5.23. The van der Waals surface area contributed by atoms with Crippen LogP contribution in [0.4, 0.5) is 0 Å². The molecule has 2 atom stereocenters. The number of esters is 1. The van der Waals surface area contributed by atoms with Crippen LogP contribution in [0.15, 0.2) is 30.3 Å².